The maximum Gasteiger partial charge on any atom is 0.183 e. The van der Waals surface area contributed by atoms with E-state index in [-0.39, 0.29) is 17.6 Å². The normalized spacial score (nSPS) is 35.8. The number of Topliss-reactive ketones (excluding diaryl/α,β-unsaturated/α-hetero) is 1. The minimum absolute atomic E-state index is 0.00716. The first-order valence-electron chi connectivity index (χ1n) is 4.57. The SMILES string of the molecule is CC(C)C1=CC2C(C1)C(=O)C2(Cl)Cl. The van der Waals surface area contributed by atoms with Crippen LogP contribution < -0.4 is 0 Å². The second kappa shape index (κ2) is 2.74. The van der Waals surface area contributed by atoms with Crippen molar-refractivity contribution in [3.05, 3.63) is 11.6 Å². The van der Waals surface area contributed by atoms with Gasteiger partial charge in [0, 0.05) is 11.8 Å². The monoisotopic (exact) mass is 218 g/mol. The molecule has 0 aliphatic heterocycles. The molecule has 0 aromatic heterocycles. The molecule has 0 radical (unpaired) electrons. The summed E-state index contributed by atoms with van der Waals surface area (Å²) >= 11 is 11.8. The molecule has 0 aromatic carbocycles. The summed E-state index contributed by atoms with van der Waals surface area (Å²) in [6, 6.07) is 0. The van der Waals surface area contributed by atoms with Gasteiger partial charge in [0.05, 0.1) is 0 Å². The first kappa shape index (κ1) is 9.54. The van der Waals surface area contributed by atoms with E-state index in [0.29, 0.717) is 5.92 Å². The summed E-state index contributed by atoms with van der Waals surface area (Å²) in [6.07, 6.45) is 2.96. The Morgan fingerprint density at radius 3 is 2.62 bits per heavy atom. The molecule has 72 valence electrons. The van der Waals surface area contributed by atoms with Crippen LogP contribution in [0.25, 0.3) is 0 Å². The lowest BCUT2D eigenvalue weighted by molar-refractivity contribution is -0.132. The minimum atomic E-state index is -1.12. The smallest absolute Gasteiger partial charge is 0.183 e. The molecule has 0 aromatic rings. The van der Waals surface area contributed by atoms with Crippen LogP contribution in [0.15, 0.2) is 11.6 Å². The Kier molecular flexibility index (Phi) is 2.01. The van der Waals surface area contributed by atoms with E-state index in [1.54, 1.807) is 0 Å². The van der Waals surface area contributed by atoms with Crippen molar-refractivity contribution in [3.63, 3.8) is 0 Å². The number of hydrogen-bond donors (Lipinski definition) is 0. The van der Waals surface area contributed by atoms with Crippen molar-refractivity contribution < 1.29 is 4.79 Å². The lowest BCUT2D eigenvalue weighted by Gasteiger charge is -2.40. The van der Waals surface area contributed by atoms with Crippen LogP contribution in [0.1, 0.15) is 20.3 Å². The van der Waals surface area contributed by atoms with E-state index in [0.717, 1.165) is 6.42 Å². The van der Waals surface area contributed by atoms with Gasteiger partial charge >= 0.3 is 0 Å². The first-order valence-corrected chi connectivity index (χ1v) is 5.33. The molecule has 0 heterocycles. The average Bonchev–Trinajstić information content (AvgIpc) is 2.45. The number of hydrogen-bond acceptors (Lipinski definition) is 1. The Morgan fingerprint density at radius 1 is 1.54 bits per heavy atom. The molecule has 2 unspecified atom stereocenters. The third-order valence-corrected chi connectivity index (χ3v) is 3.98. The molecule has 13 heavy (non-hydrogen) atoms. The van der Waals surface area contributed by atoms with E-state index >= 15 is 0 Å². The molecule has 0 saturated heterocycles. The first-order chi connectivity index (χ1) is 5.94. The van der Waals surface area contributed by atoms with Crippen LogP contribution in [0.5, 0.6) is 0 Å². The molecular weight excluding hydrogens is 207 g/mol. The van der Waals surface area contributed by atoms with Crippen LogP contribution in [-0.4, -0.2) is 10.1 Å². The molecule has 0 bridgehead atoms. The van der Waals surface area contributed by atoms with Crippen LogP contribution in [0.3, 0.4) is 0 Å². The van der Waals surface area contributed by atoms with Crippen LogP contribution in [0.4, 0.5) is 0 Å². The largest absolute Gasteiger partial charge is 0.296 e. The molecule has 1 fully saturated rings. The van der Waals surface area contributed by atoms with Gasteiger partial charge in [-0.1, -0.05) is 48.7 Å². The number of carbonyl (C=O) groups excluding carboxylic acids is 1. The topological polar surface area (TPSA) is 17.1 Å². The van der Waals surface area contributed by atoms with Crippen molar-refractivity contribution in [1.82, 2.24) is 0 Å². The van der Waals surface area contributed by atoms with Crippen LogP contribution in [-0.2, 0) is 4.79 Å². The third kappa shape index (κ3) is 1.17. The summed E-state index contributed by atoms with van der Waals surface area (Å²) in [7, 11) is 0. The maximum absolute atomic E-state index is 11.4. The zero-order valence-corrected chi connectivity index (χ0v) is 9.19. The van der Waals surface area contributed by atoms with Gasteiger partial charge in [0.25, 0.3) is 0 Å². The summed E-state index contributed by atoms with van der Waals surface area (Å²) in [5.41, 5.74) is 1.33. The number of halogens is 2. The van der Waals surface area contributed by atoms with Crippen molar-refractivity contribution in [2.45, 2.75) is 24.6 Å². The van der Waals surface area contributed by atoms with E-state index in [4.69, 9.17) is 23.2 Å². The van der Waals surface area contributed by atoms with Crippen LogP contribution in [0, 0.1) is 17.8 Å². The van der Waals surface area contributed by atoms with Crippen molar-refractivity contribution in [1.29, 1.82) is 0 Å². The van der Waals surface area contributed by atoms with Crippen LogP contribution >= 0.6 is 23.2 Å². The van der Waals surface area contributed by atoms with Gasteiger partial charge < -0.3 is 0 Å². The Hall–Kier alpha value is -0.0100. The van der Waals surface area contributed by atoms with E-state index in [1.807, 2.05) is 0 Å². The Bertz CT molecular complexity index is 291. The van der Waals surface area contributed by atoms with Crippen LogP contribution in [0.2, 0.25) is 0 Å². The molecule has 2 rings (SSSR count). The molecular formula is C10H12Cl2O. The molecule has 1 saturated carbocycles. The highest BCUT2D eigenvalue weighted by Crippen LogP contribution is 2.56. The standard InChI is InChI=1S/C10H12Cl2O/c1-5(2)6-3-7-8(4-6)10(11,12)9(7)13/h4-5,7-8H,3H2,1-2H3. The zero-order valence-electron chi connectivity index (χ0n) is 7.68. The molecule has 2 atom stereocenters. The second-order valence-electron chi connectivity index (χ2n) is 4.22. The molecule has 0 spiro atoms. The predicted octanol–water partition coefficient (Wildman–Crippen LogP) is 2.96. The van der Waals surface area contributed by atoms with Gasteiger partial charge in [0.1, 0.15) is 0 Å². The number of alkyl halides is 2. The van der Waals surface area contributed by atoms with Gasteiger partial charge in [-0.25, -0.2) is 0 Å². The number of fused-ring (bicyclic) bond motifs is 1. The van der Waals surface area contributed by atoms with E-state index in [9.17, 15) is 4.79 Å². The lowest BCUT2D eigenvalue weighted by Crippen LogP contribution is -2.53. The van der Waals surface area contributed by atoms with Gasteiger partial charge in [-0.15, -0.1) is 0 Å². The molecule has 2 aliphatic carbocycles. The summed E-state index contributed by atoms with van der Waals surface area (Å²) in [5.74, 6) is 0.656. The molecule has 0 amide bonds. The fourth-order valence-electron chi connectivity index (χ4n) is 2.15. The summed E-state index contributed by atoms with van der Waals surface area (Å²) in [5, 5.41) is 0. The van der Waals surface area contributed by atoms with Crippen molar-refractivity contribution in [2.75, 3.05) is 0 Å². The highest BCUT2D eigenvalue weighted by molar-refractivity contribution is 6.61. The fourth-order valence-corrected chi connectivity index (χ4v) is 2.86. The van der Waals surface area contributed by atoms with Gasteiger partial charge in [-0.05, 0) is 12.3 Å². The van der Waals surface area contributed by atoms with Gasteiger partial charge in [0.15, 0.2) is 10.1 Å². The fraction of sp³-hybridized carbons (Fsp3) is 0.700. The molecule has 2 aliphatic rings. The summed E-state index contributed by atoms with van der Waals surface area (Å²) in [6.45, 7) is 4.26. The molecule has 1 nitrogen and oxygen atoms in total. The molecule has 0 N–H and O–H groups in total. The number of carbonyl (C=O) groups is 1. The quantitative estimate of drug-likeness (QED) is 0.489. The van der Waals surface area contributed by atoms with E-state index < -0.39 is 4.33 Å². The number of rotatable bonds is 1. The number of allylic oxidation sites excluding steroid dienone is 2. The van der Waals surface area contributed by atoms with E-state index in [2.05, 4.69) is 19.9 Å². The summed E-state index contributed by atoms with van der Waals surface area (Å²) in [4.78, 5) is 11.4. The van der Waals surface area contributed by atoms with Gasteiger partial charge in [-0.2, -0.15) is 0 Å². The zero-order chi connectivity index (χ0) is 9.80. The minimum Gasteiger partial charge on any atom is -0.296 e. The Balaban J connectivity index is 2.21. The maximum atomic E-state index is 11.4. The number of ketones is 1. The highest BCUT2D eigenvalue weighted by Gasteiger charge is 2.61. The van der Waals surface area contributed by atoms with Crippen molar-refractivity contribution in [3.8, 4) is 0 Å². The lowest BCUT2D eigenvalue weighted by atomic mass is 9.73. The van der Waals surface area contributed by atoms with Gasteiger partial charge in [0.2, 0.25) is 0 Å². The average molecular weight is 219 g/mol. The second-order valence-corrected chi connectivity index (χ2v) is 5.61. The summed E-state index contributed by atoms with van der Waals surface area (Å²) < 4.78 is -1.12. The Morgan fingerprint density at radius 2 is 2.15 bits per heavy atom. The predicted molar refractivity (Wildman–Crippen MR) is 54.0 cm³/mol. The van der Waals surface area contributed by atoms with E-state index in [1.165, 1.54) is 5.57 Å². The Labute approximate surface area is 88.1 Å². The molecule has 3 heteroatoms. The van der Waals surface area contributed by atoms with Crippen molar-refractivity contribution >= 4 is 29.0 Å². The third-order valence-electron chi connectivity index (χ3n) is 3.11. The van der Waals surface area contributed by atoms with Gasteiger partial charge in [-0.3, -0.25) is 4.79 Å². The highest BCUT2D eigenvalue weighted by atomic mass is 35.5. The van der Waals surface area contributed by atoms with Crippen molar-refractivity contribution in [2.24, 2.45) is 17.8 Å².